The summed E-state index contributed by atoms with van der Waals surface area (Å²) < 4.78 is 45.7. The second-order valence-electron chi connectivity index (χ2n) is 8.16. The normalized spacial score (nSPS) is 17.2. The van der Waals surface area contributed by atoms with Crippen LogP contribution in [-0.4, -0.2) is 40.7 Å². The van der Waals surface area contributed by atoms with Gasteiger partial charge in [-0.3, -0.25) is 19.3 Å². The minimum absolute atomic E-state index is 0.0779. The van der Waals surface area contributed by atoms with E-state index < -0.39 is 46.7 Å². The molecule has 2 fully saturated rings. The van der Waals surface area contributed by atoms with E-state index in [1.54, 1.807) is 0 Å². The molecule has 1 aromatic carbocycles. The molecule has 1 saturated heterocycles. The first-order chi connectivity index (χ1) is 16.1. The molecule has 1 aliphatic heterocycles. The van der Waals surface area contributed by atoms with E-state index in [1.165, 1.54) is 24.5 Å². The number of imide groups is 1. The molecule has 0 bridgehead atoms. The third-order valence-corrected chi connectivity index (χ3v) is 5.87. The second-order valence-corrected chi connectivity index (χ2v) is 8.16. The van der Waals surface area contributed by atoms with Crippen molar-refractivity contribution in [3.63, 3.8) is 0 Å². The Balaban J connectivity index is 1.42. The van der Waals surface area contributed by atoms with Crippen molar-refractivity contribution in [2.24, 2.45) is 0 Å². The van der Waals surface area contributed by atoms with Crippen LogP contribution >= 0.6 is 0 Å². The van der Waals surface area contributed by atoms with Crippen molar-refractivity contribution in [3.8, 4) is 0 Å². The molecule has 5 amide bonds. The smallest absolute Gasteiger partial charge is 0.418 e. The summed E-state index contributed by atoms with van der Waals surface area (Å²) in [6.07, 6.45) is -1.29. The molecule has 180 valence electrons. The van der Waals surface area contributed by atoms with Crippen molar-refractivity contribution in [1.29, 1.82) is 0 Å². The zero-order chi connectivity index (χ0) is 24.5. The molecule has 2 aliphatic rings. The van der Waals surface area contributed by atoms with Gasteiger partial charge < -0.3 is 20.4 Å². The first-order valence-corrected chi connectivity index (χ1v) is 10.6. The van der Waals surface area contributed by atoms with Gasteiger partial charge >= 0.3 is 12.2 Å². The zero-order valence-electron chi connectivity index (χ0n) is 17.8. The molecule has 4 rings (SSSR count). The molecule has 2 aromatic rings. The van der Waals surface area contributed by atoms with E-state index in [2.05, 4.69) is 16.0 Å². The molecule has 2 heterocycles. The van der Waals surface area contributed by atoms with E-state index in [0.29, 0.717) is 18.9 Å². The maximum absolute atomic E-state index is 13.6. The van der Waals surface area contributed by atoms with Gasteiger partial charge in [-0.1, -0.05) is 12.8 Å². The lowest BCUT2D eigenvalue weighted by molar-refractivity contribution is -0.137. The lowest BCUT2D eigenvalue weighted by Gasteiger charge is -2.20. The lowest BCUT2D eigenvalue weighted by Crippen LogP contribution is -2.44. The number of hydrogen-bond donors (Lipinski definition) is 3. The number of nitrogens with one attached hydrogen (secondary N) is 3. The Morgan fingerprint density at radius 3 is 2.50 bits per heavy atom. The Morgan fingerprint density at radius 1 is 1.12 bits per heavy atom. The van der Waals surface area contributed by atoms with Crippen LogP contribution in [0, 0.1) is 0 Å². The Bertz CT molecular complexity index is 1120. The largest absolute Gasteiger partial charge is 0.459 e. The zero-order valence-corrected chi connectivity index (χ0v) is 17.8. The number of halogens is 3. The number of anilines is 2. The predicted molar refractivity (Wildman–Crippen MR) is 113 cm³/mol. The number of benzene rings is 1. The van der Waals surface area contributed by atoms with Crippen LogP contribution < -0.4 is 16.0 Å². The van der Waals surface area contributed by atoms with Crippen molar-refractivity contribution in [1.82, 2.24) is 10.2 Å². The van der Waals surface area contributed by atoms with Gasteiger partial charge in [-0.2, -0.15) is 13.2 Å². The van der Waals surface area contributed by atoms with Crippen LogP contribution in [0.25, 0.3) is 0 Å². The second kappa shape index (κ2) is 8.84. The average molecular weight is 478 g/mol. The third kappa shape index (κ3) is 4.61. The molecular weight excluding hydrogens is 457 g/mol. The summed E-state index contributed by atoms with van der Waals surface area (Å²) in [5.41, 5.74) is -2.75. The van der Waals surface area contributed by atoms with Gasteiger partial charge in [0.2, 0.25) is 5.91 Å². The molecule has 3 N–H and O–H groups in total. The Kier molecular flexibility index (Phi) is 6.07. The van der Waals surface area contributed by atoms with E-state index in [9.17, 15) is 32.3 Å². The molecule has 1 aliphatic carbocycles. The van der Waals surface area contributed by atoms with Crippen LogP contribution in [-0.2, 0) is 15.8 Å². The average Bonchev–Trinajstić information content (AvgIpc) is 3.50. The van der Waals surface area contributed by atoms with E-state index in [1.807, 2.05) is 0 Å². The van der Waals surface area contributed by atoms with Gasteiger partial charge in [-0.25, -0.2) is 4.79 Å². The van der Waals surface area contributed by atoms with Crippen LogP contribution in [0.2, 0.25) is 0 Å². The Labute approximate surface area is 191 Å². The van der Waals surface area contributed by atoms with Crippen LogP contribution in [0.5, 0.6) is 0 Å². The number of urea groups is 1. The summed E-state index contributed by atoms with van der Waals surface area (Å²) in [5, 5.41) is 7.16. The number of rotatable bonds is 6. The number of hydrogen-bond acceptors (Lipinski definition) is 5. The van der Waals surface area contributed by atoms with Crippen LogP contribution in [0.4, 0.5) is 29.3 Å². The number of carbonyl (C=O) groups is 4. The summed E-state index contributed by atoms with van der Waals surface area (Å²) in [4.78, 5) is 50.1. The maximum atomic E-state index is 13.6. The number of furan rings is 1. The molecule has 0 unspecified atom stereocenters. The molecule has 1 saturated carbocycles. The van der Waals surface area contributed by atoms with Gasteiger partial charge in [0.15, 0.2) is 5.76 Å². The molecule has 9 nitrogen and oxygen atoms in total. The van der Waals surface area contributed by atoms with Gasteiger partial charge in [0.25, 0.3) is 11.8 Å². The summed E-state index contributed by atoms with van der Waals surface area (Å²) in [7, 11) is 0. The van der Waals surface area contributed by atoms with Gasteiger partial charge in [0.1, 0.15) is 5.54 Å². The molecule has 1 spiro atoms. The standard InChI is InChI=1S/C22H21F3N4O5/c23-22(24,25)14-12-13(26-18(31)16-4-3-11-34-16)5-6-15(14)27-17(30)7-10-29-19(32)21(28-20(29)33)8-1-2-9-21/h3-6,11-12H,1-2,7-10H2,(H,26,31)(H,27,30)(H,28,33). The SMILES string of the molecule is O=C(CCN1C(=O)NC2(CCCC2)C1=O)Nc1ccc(NC(=O)c2ccco2)cc1C(F)(F)F. The molecule has 0 atom stereocenters. The highest BCUT2D eigenvalue weighted by Gasteiger charge is 2.52. The monoisotopic (exact) mass is 478 g/mol. The van der Waals surface area contributed by atoms with Crippen LogP contribution in [0.3, 0.4) is 0 Å². The topological polar surface area (TPSA) is 121 Å². The van der Waals surface area contributed by atoms with Crippen molar-refractivity contribution in [2.75, 3.05) is 17.2 Å². The molecule has 1 aromatic heterocycles. The number of nitrogens with zero attached hydrogens (tertiary/aromatic N) is 1. The Morgan fingerprint density at radius 2 is 1.85 bits per heavy atom. The molecular formula is C22H21F3N4O5. The van der Waals surface area contributed by atoms with Crippen LogP contribution in [0.15, 0.2) is 41.0 Å². The highest BCUT2D eigenvalue weighted by Crippen LogP contribution is 2.37. The van der Waals surface area contributed by atoms with E-state index in [0.717, 1.165) is 23.8 Å². The van der Waals surface area contributed by atoms with Gasteiger partial charge in [-0.05, 0) is 43.2 Å². The van der Waals surface area contributed by atoms with Crippen molar-refractivity contribution >= 4 is 35.1 Å². The van der Waals surface area contributed by atoms with Crippen LogP contribution in [0.1, 0.15) is 48.2 Å². The number of alkyl halides is 3. The van der Waals surface area contributed by atoms with Crippen molar-refractivity contribution in [3.05, 3.63) is 47.9 Å². The fourth-order valence-electron chi connectivity index (χ4n) is 4.19. The number of carbonyl (C=O) groups excluding carboxylic acids is 4. The van der Waals surface area contributed by atoms with E-state index in [4.69, 9.17) is 4.42 Å². The summed E-state index contributed by atoms with van der Waals surface area (Å²) in [6, 6.07) is 5.12. The van der Waals surface area contributed by atoms with E-state index in [-0.39, 0.29) is 24.4 Å². The molecule has 0 radical (unpaired) electrons. The lowest BCUT2D eigenvalue weighted by atomic mass is 9.98. The maximum Gasteiger partial charge on any atom is 0.418 e. The fourth-order valence-corrected chi connectivity index (χ4v) is 4.19. The number of amides is 5. The van der Waals surface area contributed by atoms with Gasteiger partial charge in [0.05, 0.1) is 17.5 Å². The van der Waals surface area contributed by atoms with Gasteiger partial charge in [0, 0.05) is 18.7 Å². The van der Waals surface area contributed by atoms with Crippen molar-refractivity contribution < 1.29 is 36.8 Å². The first kappa shape index (κ1) is 23.3. The summed E-state index contributed by atoms with van der Waals surface area (Å²) in [5.74, 6) is -2.02. The Hall–Kier alpha value is -3.83. The highest BCUT2D eigenvalue weighted by atomic mass is 19.4. The van der Waals surface area contributed by atoms with Crippen molar-refractivity contribution in [2.45, 2.75) is 43.8 Å². The predicted octanol–water partition coefficient (Wildman–Crippen LogP) is 3.74. The summed E-state index contributed by atoms with van der Waals surface area (Å²) in [6.45, 7) is -0.253. The molecule has 34 heavy (non-hydrogen) atoms. The quantitative estimate of drug-likeness (QED) is 0.547. The highest BCUT2D eigenvalue weighted by molar-refractivity contribution is 6.07. The fraction of sp³-hybridized carbons (Fsp3) is 0.364. The van der Waals surface area contributed by atoms with Gasteiger partial charge in [-0.15, -0.1) is 0 Å². The summed E-state index contributed by atoms with van der Waals surface area (Å²) >= 11 is 0. The van der Waals surface area contributed by atoms with E-state index >= 15 is 0 Å². The third-order valence-electron chi connectivity index (χ3n) is 5.87. The first-order valence-electron chi connectivity index (χ1n) is 10.6. The molecule has 12 heteroatoms. The minimum Gasteiger partial charge on any atom is -0.459 e. The minimum atomic E-state index is -4.83.